The van der Waals surface area contributed by atoms with Crippen LogP contribution < -0.4 is 5.73 Å². The highest BCUT2D eigenvalue weighted by molar-refractivity contribution is 14.1. The van der Waals surface area contributed by atoms with Gasteiger partial charge in [0.15, 0.2) is 11.6 Å². The smallest absolute Gasteiger partial charge is 0.177 e. The van der Waals surface area contributed by atoms with Crippen LogP contribution in [0.15, 0.2) is 57.5 Å². The van der Waals surface area contributed by atoms with Crippen molar-refractivity contribution in [3.05, 3.63) is 56.6 Å². The van der Waals surface area contributed by atoms with E-state index in [4.69, 9.17) is 10.3 Å². The largest absolute Gasteiger partial charge is 0.380 e. The van der Waals surface area contributed by atoms with Crippen molar-refractivity contribution in [1.29, 1.82) is 0 Å². The number of nitrogens with zero attached hydrogens (tertiary/aromatic N) is 1. The Hall–Kier alpha value is -1.34. The normalized spacial score (nSPS) is 10.7. The van der Waals surface area contributed by atoms with Crippen molar-refractivity contribution in [3.63, 3.8) is 0 Å². The van der Waals surface area contributed by atoms with Crippen molar-refractivity contribution in [2.45, 2.75) is 0 Å². The molecule has 0 saturated carbocycles. The molecule has 2 aromatic carbocycles. The maximum atomic E-state index is 5.98. The second-order valence-corrected chi connectivity index (χ2v) is 6.34. The molecule has 0 spiro atoms. The predicted molar refractivity (Wildman–Crippen MR) is 92.2 cm³/mol. The molecule has 0 amide bonds. The lowest BCUT2D eigenvalue weighted by atomic mass is 10.0. The fourth-order valence-electron chi connectivity index (χ4n) is 2.03. The van der Waals surface area contributed by atoms with E-state index in [9.17, 15) is 0 Å². The molecule has 3 aromatic rings. The average Bonchev–Trinajstić information content (AvgIpc) is 2.82. The van der Waals surface area contributed by atoms with Crippen LogP contribution in [0.25, 0.3) is 22.5 Å². The Kier molecular flexibility index (Phi) is 3.80. The molecule has 2 N–H and O–H groups in total. The number of halogens is 2. The number of rotatable bonds is 2. The Morgan fingerprint density at radius 1 is 1.05 bits per heavy atom. The van der Waals surface area contributed by atoms with Gasteiger partial charge in [0.2, 0.25) is 0 Å². The molecule has 0 saturated heterocycles. The van der Waals surface area contributed by atoms with Crippen LogP contribution in [0.1, 0.15) is 0 Å². The van der Waals surface area contributed by atoms with Crippen LogP contribution in [0, 0.1) is 3.57 Å². The number of nitrogen functional groups attached to an aromatic ring is 1. The summed E-state index contributed by atoms with van der Waals surface area (Å²) in [5.74, 6) is 1.11. The van der Waals surface area contributed by atoms with Gasteiger partial charge in [0.1, 0.15) is 0 Å². The second-order valence-electron chi connectivity index (χ2n) is 4.26. The van der Waals surface area contributed by atoms with Crippen LogP contribution >= 0.6 is 38.5 Å². The number of aromatic nitrogens is 1. The maximum absolute atomic E-state index is 5.98. The topological polar surface area (TPSA) is 52.0 Å². The maximum Gasteiger partial charge on any atom is 0.177 e. The summed E-state index contributed by atoms with van der Waals surface area (Å²) in [4.78, 5) is 0. The van der Waals surface area contributed by atoms with E-state index in [1.54, 1.807) is 0 Å². The van der Waals surface area contributed by atoms with E-state index < -0.39 is 0 Å². The summed E-state index contributed by atoms with van der Waals surface area (Å²) in [7, 11) is 0. The van der Waals surface area contributed by atoms with Gasteiger partial charge in [-0.2, -0.15) is 0 Å². The molecule has 0 unspecified atom stereocenters. The summed E-state index contributed by atoms with van der Waals surface area (Å²) >= 11 is 5.71. The van der Waals surface area contributed by atoms with E-state index in [1.165, 1.54) is 0 Å². The summed E-state index contributed by atoms with van der Waals surface area (Å²) in [6.45, 7) is 0. The fourth-order valence-corrected chi connectivity index (χ4v) is 2.92. The van der Waals surface area contributed by atoms with Crippen molar-refractivity contribution in [1.82, 2.24) is 5.16 Å². The van der Waals surface area contributed by atoms with Gasteiger partial charge in [0, 0.05) is 13.6 Å². The molecular weight excluding hydrogens is 431 g/mol. The third kappa shape index (κ3) is 2.47. The van der Waals surface area contributed by atoms with Gasteiger partial charge in [-0.1, -0.05) is 51.4 Å². The van der Waals surface area contributed by atoms with Gasteiger partial charge in [0.25, 0.3) is 0 Å². The molecule has 20 heavy (non-hydrogen) atoms. The molecular formula is C15H10BrIN2O. The molecule has 0 radical (unpaired) electrons. The number of hydrogen-bond donors (Lipinski definition) is 1. The van der Waals surface area contributed by atoms with Gasteiger partial charge in [-0.15, -0.1) is 0 Å². The lowest BCUT2D eigenvalue weighted by molar-refractivity contribution is 0.436. The predicted octanol–water partition coefficient (Wildman–Crippen LogP) is 4.96. The van der Waals surface area contributed by atoms with E-state index in [-0.39, 0.29) is 0 Å². The Bertz CT molecular complexity index is 753. The summed E-state index contributed by atoms with van der Waals surface area (Å²) in [5, 5.41) is 3.92. The third-order valence-corrected chi connectivity index (χ3v) is 4.44. The number of hydrogen-bond acceptors (Lipinski definition) is 3. The van der Waals surface area contributed by atoms with Crippen LogP contribution in [-0.4, -0.2) is 5.16 Å². The highest BCUT2D eigenvalue weighted by Gasteiger charge is 2.19. The zero-order valence-corrected chi connectivity index (χ0v) is 14.1. The molecule has 1 heterocycles. The summed E-state index contributed by atoms with van der Waals surface area (Å²) in [6, 6.07) is 15.9. The summed E-state index contributed by atoms with van der Waals surface area (Å²) in [5.41, 5.74) is 8.80. The van der Waals surface area contributed by atoms with Gasteiger partial charge < -0.3 is 10.3 Å². The first kappa shape index (κ1) is 13.6. The Balaban J connectivity index is 2.20. The minimum absolute atomic E-state index is 0.405. The highest BCUT2D eigenvalue weighted by Crippen LogP contribution is 2.38. The van der Waals surface area contributed by atoms with E-state index >= 15 is 0 Å². The molecule has 0 atom stereocenters. The first-order valence-electron chi connectivity index (χ1n) is 5.93. The molecule has 0 bridgehead atoms. The van der Waals surface area contributed by atoms with E-state index in [0.717, 1.165) is 24.7 Å². The van der Waals surface area contributed by atoms with Gasteiger partial charge in [-0.3, -0.25) is 0 Å². The monoisotopic (exact) mass is 440 g/mol. The van der Waals surface area contributed by atoms with Crippen molar-refractivity contribution < 1.29 is 4.52 Å². The molecule has 0 fully saturated rings. The van der Waals surface area contributed by atoms with E-state index in [2.05, 4.69) is 43.7 Å². The number of nitrogens with two attached hydrogens (primary N) is 1. The minimum Gasteiger partial charge on any atom is -0.380 e. The van der Waals surface area contributed by atoms with Gasteiger partial charge in [-0.25, -0.2) is 0 Å². The first-order valence-corrected chi connectivity index (χ1v) is 7.80. The molecule has 5 heteroatoms. The SMILES string of the molecule is Nc1noc(-c2ccccc2I)c1-c1ccc(Br)cc1. The quantitative estimate of drug-likeness (QED) is 0.573. The average molecular weight is 441 g/mol. The van der Waals surface area contributed by atoms with E-state index in [1.807, 2.05) is 48.5 Å². The van der Waals surface area contributed by atoms with Crippen LogP contribution in [0.3, 0.4) is 0 Å². The lowest BCUT2D eigenvalue weighted by Crippen LogP contribution is -1.89. The summed E-state index contributed by atoms with van der Waals surface area (Å²) in [6.07, 6.45) is 0. The molecule has 0 aliphatic carbocycles. The van der Waals surface area contributed by atoms with Gasteiger partial charge >= 0.3 is 0 Å². The Morgan fingerprint density at radius 3 is 2.45 bits per heavy atom. The highest BCUT2D eigenvalue weighted by atomic mass is 127. The van der Waals surface area contributed by atoms with Crippen LogP contribution in [0.4, 0.5) is 5.82 Å². The standard InChI is InChI=1S/C15H10BrIN2O/c16-10-7-5-9(6-8-10)13-14(20-19-15(13)18)11-3-1-2-4-12(11)17/h1-8H,(H2,18,19). The van der Waals surface area contributed by atoms with Gasteiger partial charge in [-0.05, 0) is 46.4 Å². The second kappa shape index (κ2) is 5.57. The Labute approximate surface area is 138 Å². The van der Waals surface area contributed by atoms with Crippen molar-refractivity contribution in [3.8, 4) is 22.5 Å². The van der Waals surface area contributed by atoms with Crippen LogP contribution in [0.2, 0.25) is 0 Å². The minimum atomic E-state index is 0.405. The third-order valence-electron chi connectivity index (χ3n) is 2.97. The molecule has 100 valence electrons. The number of anilines is 1. The number of benzene rings is 2. The zero-order chi connectivity index (χ0) is 14.1. The van der Waals surface area contributed by atoms with Crippen molar-refractivity contribution >= 4 is 44.3 Å². The molecule has 3 rings (SSSR count). The van der Waals surface area contributed by atoms with Crippen molar-refractivity contribution in [2.75, 3.05) is 5.73 Å². The fraction of sp³-hybridized carbons (Fsp3) is 0. The lowest BCUT2D eigenvalue weighted by Gasteiger charge is -2.05. The summed E-state index contributed by atoms with van der Waals surface area (Å²) < 4.78 is 7.57. The van der Waals surface area contributed by atoms with Crippen LogP contribution in [-0.2, 0) is 0 Å². The molecule has 0 aliphatic heterocycles. The van der Waals surface area contributed by atoms with Gasteiger partial charge in [0.05, 0.1) is 5.56 Å². The van der Waals surface area contributed by atoms with E-state index in [0.29, 0.717) is 11.6 Å². The molecule has 1 aromatic heterocycles. The van der Waals surface area contributed by atoms with Crippen LogP contribution in [0.5, 0.6) is 0 Å². The van der Waals surface area contributed by atoms with Crippen molar-refractivity contribution in [2.24, 2.45) is 0 Å². The molecule has 3 nitrogen and oxygen atoms in total. The first-order chi connectivity index (χ1) is 9.66. The molecule has 0 aliphatic rings. The zero-order valence-electron chi connectivity index (χ0n) is 10.3. The Morgan fingerprint density at radius 2 is 1.75 bits per heavy atom.